The summed E-state index contributed by atoms with van der Waals surface area (Å²) in [6.07, 6.45) is -2.28. The number of piperidine rings is 1. The molecule has 0 saturated carbocycles. The van der Waals surface area contributed by atoms with Crippen molar-refractivity contribution in [1.29, 1.82) is 0 Å². The van der Waals surface area contributed by atoms with Crippen molar-refractivity contribution < 1.29 is 22.4 Å². The quantitative estimate of drug-likeness (QED) is 0.551. The van der Waals surface area contributed by atoms with Crippen LogP contribution in [0.2, 0.25) is 10.2 Å². The minimum atomic E-state index is -4.40. The second-order valence-electron chi connectivity index (χ2n) is 7.56. The third-order valence-electron chi connectivity index (χ3n) is 5.52. The Morgan fingerprint density at radius 2 is 2.00 bits per heavy atom. The van der Waals surface area contributed by atoms with Crippen LogP contribution in [0.3, 0.4) is 0 Å². The summed E-state index contributed by atoms with van der Waals surface area (Å²) in [6, 6.07) is 6.19. The standard InChI is InChI=1S/C21H19Cl2F3N4O2/c1-30-18(15(22)9-28-30)14-8-17(32-19(14)23)20(31)29-16-10-27-7-6-13(16)11-2-4-12(5-3-11)21(24,25)26/h2-5,8-9,13,16,27H,6-7,10H2,1H3,(H,29,31)/t13-,16+/m1/s1. The Balaban J connectivity index is 1.54. The first-order valence-corrected chi connectivity index (χ1v) is 10.6. The van der Waals surface area contributed by atoms with E-state index in [1.165, 1.54) is 29.1 Å². The van der Waals surface area contributed by atoms with E-state index < -0.39 is 17.6 Å². The topological polar surface area (TPSA) is 72.1 Å². The maximum absolute atomic E-state index is 12.9. The van der Waals surface area contributed by atoms with Gasteiger partial charge in [0, 0.05) is 31.6 Å². The molecule has 1 fully saturated rings. The average Bonchev–Trinajstić information content (AvgIpc) is 3.29. The molecule has 2 aromatic heterocycles. The van der Waals surface area contributed by atoms with E-state index in [-0.39, 0.29) is 22.9 Å². The lowest BCUT2D eigenvalue weighted by molar-refractivity contribution is -0.137. The second-order valence-corrected chi connectivity index (χ2v) is 8.31. The molecule has 170 valence electrons. The zero-order chi connectivity index (χ0) is 23.0. The summed E-state index contributed by atoms with van der Waals surface area (Å²) in [7, 11) is 1.69. The van der Waals surface area contributed by atoms with Gasteiger partial charge in [0.05, 0.1) is 28.0 Å². The fraction of sp³-hybridized carbons (Fsp3) is 0.333. The molecule has 1 amide bonds. The van der Waals surface area contributed by atoms with Gasteiger partial charge in [0.25, 0.3) is 5.91 Å². The number of nitrogens with one attached hydrogen (secondary N) is 2. The molecule has 1 aliphatic heterocycles. The summed E-state index contributed by atoms with van der Waals surface area (Å²) in [4.78, 5) is 12.9. The molecule has 3 heterocycles. The Kier molecular flexibility index (Phi) is 6.24. The molecular weight excluding hydrogens is 468 g/mol. The smallest absolute Gasteiger partial charge is 0.416 e. The number of rotatable bonds is 4. The highest BCUT2D eigenvalue weighted by Crippen LogP contribution is 2.36. The number of halogens is 5. The molecule has 0 radical (unpaired) electrons. The van der Waals surface area contributed by atoms with Crippen molar-refractivity contribution in [3.8, 4) is 11.3 Å². The maximum Gasteiger partial charge on any atom is 0.416 e. The molecule has 3 aromatic rings. The van der Waals surface area contributed by atoms with E-state index in [0.29, 0.717) is 35.8 Å². The lowest BCUT2D eigenvalue weighted by atomic mass is 9.85. The number of nitrogens with zero attached hydrogens (tertiary/aromatic N) is 2. The summed E-state index contributed by atoms with van der Waals surface area (Å²) >= 11 is 12.4. The maximum atomic E-state index is 12.9. The predicted octanol–water partition coefficient (Wildman–Crippen LogP) is 4.88. The monoisotopic (exact) mass is 486 g/mol. The number of aromatic nitrogens is 2. The van der Waals surface area contributed by atoms with Crippen LogP contribution in [-0.4, -0.2) is 34.8 Å². The summed E-state index contributed by atoms with van der Waals surface area (Å²) in [5, 5.41) is 10.5. The molecule has 0 bridgehead atoms. The molecule has 2 atom stereocenters. The Hall–Kier alpha value is -2.49. The van der Waals surface area contributed by atoms with E-state index in [9.17, 15) is 18.0 Å². The summed E-state index contributed by atoms with van der Waals surface area (Å²) in [5.74, 6) is -0.639. The summed E-state index contributed by atoms with van der Waals surface area (Å²) in [5.41, 5.74) is 0.969. The van der Waals surface area contributed by atoms with Crippen LogP contribution < -0.4 is 10.6 Å². The average molecular weight is 487 g/mol. The van der Waals surface area contributed by atoms with Crippen LogP contribution in [0, 0.1) is 0 Å². The van der Waals surface area contributed by atoms with E-state index >= 15 is 0 Å². The van der Waals surface area contributed by atoms with Gasteiger partial charge < -0.3 is 15.1 Å². The first-order valence-electron chi connectivity index (χ1n) is 9.81. The van der Waals surface area contributed by atoms with Crippen LogP contribution in [0.15, 0.2) is 40.9 Å². The Morgan fingerprint density at radius 3 is 2.62 bits per heavy atom. The third-order valence-corrected chi connectivity index (χ3v) is 6.08. The molecule has 1 aliphatic rings. The van der Waals surface area contributed by atoms with Gasteiger partial charge in [0.1, 0.15) is 0 Å². The zero-order valence-electron chi connectivity index (χ0n) is 16.8. The van der Waals surface area contributed by atoms with E-state index in [0.717, 1.165) is 17.7 Å². The van der Waals surface area contributed by atoms with Crippen LogP contribution >= 0.6 is 23.2 Å². The second kappa shape index (κ2) is 8.80. The number of hydrogen-bond donors (Lipinski definition) is 2. The first kappa shape index (κ1) is 22.7. The van der Waals surface area contributed by atoms with Crippen LogP contribution in [0.25, 0.3) is 11.3 Å². The van der Waals surface area contributed by atoms with Gasteiger partial charge in [-0.25, -0.2) is 0 Å². The normalized spacial score (nSPS) is 19.2. The fourth-order valence-electron chi connectivity index (χ4n) is 3.92. The van der Waals surface area contributed by atoms with Gasteiger partial charge in [0.15, 0.2) is 5.76 Å². The van der Waals surface area contributed by atoms with Crippen molar-refractivity contribution >= 4 is 29.1 Å². The third kappa shape index (κ3) is 4.51. The highest BCUT2D eigenvalue weighted by Gasteiger charge is 2.32. The van der Waals surface area contributed by atoms with E-state index in [4.69, 9.17) is 27.6 Å². The molecule has 2 N–H and O–H groups in total. The van der Waals surface area contributed by atoms with Crippen LogP contribution in [0.4, 0.5) is 13.2 Å². The minimum Gasteiger partial charge on any atom is -0.439 e. The van der Waals surface area contributed by atoms with Crippen LogP contribution in [-0.2, 0) is 13.2 Å². The Labute approximate surface area is 191 Å². The van der Waals surface area contributed by atoms with Crippen molar-refractivity contribution in [2.24, 2.45) is 7.05 Å². The molecular formula is C21H19Cl2F3N4O2. The van der Waals surface area contributed by atoms with Gasteiger partial charge in [-0.2, -0.15) is 18.3 Å². The number of hydrogen-bond acceptors (Lipinski definition) is 4. The van der Waals surface area contributed by atoms with Gasteiger partial charge in [-0.15, -0.1) is 0 Å². The van der Waals surface area contributed by atoms with E-state index in [1.54, 1.807) is 7.05 Å². The molecule has 0 spiro atoms. The van der Waals surface area contributed by atoms with Crippen molar-refractivity contribution in [2.45, 2.75) is 24.6 Å². The SMILES string of the molecule is Cn1ncc(Cl)c1-c1cc(C(=O)N[C@H]2CNCC[C@@H]2c2ccc(C(F)(F)F)cc2)oc1Cl. The molecule has 1 saturated heterocycles. The largest absolute Gasteiger partial charge is 0.439 e. The molecule has 32 heavy (non-hydrogen) atoms. The van der Waals surface area contributed by atoms with Crippen molar-refractivity contribution in [2.75, 3.05) is 13.1 Å². The molecule has 11 heteroatoms. The number of benzene rings is 1. The first-order chi connectivity index (χ1) is 15.1. The number of furan rings is 1. The highest BCUT2D eigenvalue weighted by atomic mass is 35.5. The molecule has 6 nitrogen and oxygen atoms in total. The van der Waals surface area contributed by atoms with Gasteiger partial charge in [0.2, 0.25) is 5.22 Å². The van der Waals surface area contributed by atoms with Crippen molar-refractivity contribution in [3.05, 3.63) is 63.7 Å². The number of alkyl halides is 3. The van der Waals surface area contributed by atoms with Gasteiger partial charge in [-0.3, -0.25) is 9.48 Å². The van der Waals surface area contributed by atoms with Gasteiger partial charge in [-0.05, 0) is 42.3 Å². The van der Waals surface area contributed by atoms with Crippen molar-refractivity contribution in [1.82, 2.24) is 20.4 Å². The summed E-state index contributed by atoms with van der Waals surface area (Å²) in [6.45, 7) is 1.15. The lowest BCUT2D eigenvalue weighted by Gasteiger charge is -2.33. The van der Waals surface area contributed by atoms with E-state index in [2.05, 4.69) is 15.7 Å². The predicted molar refractivity (Wildman–Crippen MR) is 114 cm³/mol. The lowest BCUT2D eigenvalue weighted by Crippen LogP contribution is -2.50. The number of amides is 1. The van der Waals surface area contributed by atoms with Gasteiger partial charge >= 0.3 is 6.18 Å². The Bertz CT molecular complexity index is 1110. The number of carbonyl (C=O) groups excluding carboxylic acids is 1. The van der Waals surface area contributed by atoms with E-state index in [1.807, 2.05) is 0 Å². The summed E-state index contributed by atoms with van der Waals surface area (Å²) < 4.78 is 45.6. The highest BCUT2D eigenvalue weighted by molar-refractivity contribution is 6.35. The molecule has 1 aromatic carbocycles. The minimum absolute atomic E-state index is 0.000917. The molecule has 4 rings (SSSR count). The van der Waals surface area contributed by atoms with Crippen LogP contribution in [0.5, 0.6) is 0 Å². The Morgan fingerprint density at radius 1 is 1.28 bits per heavy atom. The van der Waals surface area contributed by atoms with Crippen molar-refractivity contribution in [3.63, 3.8) is 0 Å². The zero-order valence-corrected chi connectivity index (χ0v) is 18.4. The van der Waals surface area contributed by atoms with Crippen LogP contribution in [0.1, 0.15) is 34.0 Å². The fourth-order valence-corrected chi connectivity index (χ4v) is 4.42. The van der Waals surface area contributed by atoms with Gasteiger partial charge in [-0.1, -0.05) is 23.7 Å². The number of carbonyl (C=O) groups is 1. The molecule has 0 aliphatic carbocycles. The number of aryl methyl sites for hydroxylation is 1. The molecule has 0 unspecified atom stereocenters.